The molecule has 7 heteroatoms. The summed E-state index contributed by atoms with van der Waals surface area (Å²) in [6.07, 6.45) is 0.776. The van der Waals surface area contributed by atoms with Crippen LogP contribution in [0.5, 0.6) is 5.75 Å². The summed E-state index contributed by atoms with van der Waals surface area (Å²) >= 11 is 0. The Hall–Kier alpha value is -1.60. The van der Waals surface area contributed by atoms with E-state index in [0.29, 0.717) is 26.1 Å². The van der Waals surface area contributed by atoms with Crippen molar-refractivity contribution in [3.05, 3.63) is 29.8 Å². The number of carbonyl (C=O) groups is 1. The molecule has 0 aliphatic carbocycles. The third-order valence-electron chi connectivity index (χ3n) is 4.33. The van der Waals surface area contributed by atoms with Crippen LogP contribution in [0.3, 0.4) is 0 Å². The Balaban J connectivity index is 1.92. The van der Waals surface area contributed by atoms with Crippen molar-refractivity contribution in [3.63, 3.8) is 0 Å². The van der Waals surface area contributed by atoms with E-state index in [1.807, 2.05) is 50.2 Å². The van der Waals surface area contributed by atoms with Crippen LogP contribution in [0.1, 0.15) is 18.4 Å². The molecule has 6 nitrogen and oxygen atoms in total. The SMILES string of the molecule is Cc1cccc(OCCC(=O)N(CCN(C)C)C2CCS(=O)(=O)C2)c1. The quantitative estimate of drug-likeness (QED) is 0.693. The van der Waals surface area contributed by atoms with Gasteiger partial charge in [-0.2, -0.15) is 0 Å². The molecular weight excluding hydrogens is 340 g/mol. The average Bonchev–Trinajstić information content (AvgIpc) is 2.87. The largest absolute Gasteiger partial charge is 0.493 e. The number of carbonyl (C=O) groups excluding carboxylic acids is 1. The Bertz CT molecular complexity index is 688. The third kappa shape index (κ3) is 6.32. The minimum Gasteiger partial charge on any atom is -0.493 e. The molecular formula is C18H28N2O4S. The van der Waals surface area contributed by atoms with Gasteiger partial charge >= 0.3 is 0 Å². The molecule has 1 aliphatic rings. The van der Waals surface area contributed by atoms with Crippen molar-refractivity contribution < 1.29 is 17.9 Å². The van der Waals surface area contributed by atoms with Crippen LogP contribution in [0, 0.1) is 6.92 Å². The van der Waals surface area contributed by atoms with Gasteiger partial charge in [0.2, 0.25) is 5.91 Å². The lowest BCUT2D eigenvalue weighted by molar-refractivity contribution is -0.133. The van der Waals surface area contributed by atoms with E-state index in [1.54, 1.807) is 4.90 Å². The van der Waals surface area contributed by atoms with E-state index in [9.17, 15) is 13.2 Å². The molecule has 1 heterocycles. The van der Waals surface area contributed by atoms with Crippen molar-refractivity contribution in [2.24, 2.45) is 0 Å². The van der Waals surface area contributed by atoms with Crippen molar-refractivity contribution >= 4 is 15.7 Å². The van der Waals surface area contributed by atoms with Gasteiger partial charge in [-0.05, 0) is 45.1 Å². The van der Waals surface area contributed by atoms with Crippen LogP contribution in [0.2, 0.25) is 0 Å². The maximum atomic E-state index is 12.6. The molecule has 2 rings (SSSR count). The molecule has 1 aromatic rings. The highest BCUT2D eigenvalue weighted by molar-refractivity contribution is 7.91. The van der Waals surface area contributed by atoms with Gasteiger partial charge in [0.05, 0.1) is 24.5 Å². The average molecular weight is 368 g/mol. The summed E-state index contributed by atoms with van der Waals surface area (Å²) in [4.78, 5) is 16.4. The normalized spacial score (nSPS) is 19.1. The number of likely N-dealkylation sites (N-methyl/N-ethyl adjacent to an activating group) is 1. The Morgan fingerprint density at radius 3 is 2.64 bits per heavy atom. The van der Waals surface area contributed by atoms with Crippen LogP contribution in [-0.4, -0.2) is 75.5 Å². The van der Waals surface area contributed by atoms with E-state index < -0.39 is 9.84 Å². The summed E-state index contributed by atoms with van der Waals surface area (Å²) in [5.41, 5.74) is 1.10. The first-order valence-electron chi connectivity index (χ1n) is 8.61. The van der Waals surface area contributed by atoms with Crippen molar-refractivity contribution in [3.8, 4) is 5.75 Å². The molecule has 140 valence electrons. The molecule has 0 aromatic heterocycles. The lowest BCUT2D eigenvalue weighted by Crippen LogP contribution is -2.44. The van der Waals surface area contributed by atoms with Gasteiger partial charge in [0, 0.05) is 19.1 Å². The van der Waals surface area contributed by atoms with Crippen LogP contribution in [0.25, 0.3) is 0 Å². The zero-order valence-electron chi connectivity index (χ0n) is 15.3. The number of ether oxygens (including phenoxy) is 1. The topological polar surface area (TPSA) is 66.9 Å². The minimum atomic E-state index is -3.02. The highest BCUT2D eigenvalue weighted by Gasteiger charge is 2.34. The molecule has 1 atom stereocenters. The summed E-state index contributed by atoms with van der Waals surface area (Å²) in [5, 5.41) is 0. The van der Waals surface area contributed by atoms with E-state index in [0.717, 1.165) is 11.3 Å². The smallest absolute Gasteiger partial charge is 0.226 e. The molecule has 1 aliphatic heterocycles. The fourth-order valence-corrected chi connectivity index (χ4v) is 4.68. The van der Waals surface area contributed by atoms with E-state index >= 15 is 0 Å². The highest BCUT2D eigenvalue weighted by Crippen LogP contribution is 2.19. The second kappa shape index (κ2) is 8.67. The fourth-order valence-electron chi connectivity index (χ4n) is 2.94. The van der Waals surface area contributed by atoms with E-state index in [4.69, 9.17) is 4.74 Å². The van der Waals surface area contributed by atoms with Crippen LogP contribution in [0.4, 0.5) is 0 Å². The third-order valence-corrected chi connectivity index (χ3v) is 6.08. The molecule has 0 saturated carbocycles. The summed E-state index contributed by atoms with van der Waals surface area (Å²) < 4.78 is 29.2. The molecule has 1 fully saturated rings. The van der Waals surface area contributed by atoms with Gasteiger partial charge in [-0.3, -0.25) is 4.79 Å². The Morgan fingerprint density at radius 1 is 1.28 bits per heavy atom. The van der Waals surface area contributed by atoms with Gasteiger partial charge in [0.1, 0.15) is 5.75 Å². The van der Waals surface area contributed by atoms with Crippen molar-refractivity contribution in [1.29, 1.82) is 0 Å². The van der Waals surface area contributed by atoms with Gasteiger partial charge in [-0.25, -0.2) is 8.42 Å². The monoisotopic (exact) mass is 368 g/mol. The van der Waals surface area contributed by atoms with Crippen molar-refractivity contribution in [2.45, 2.75) is 25.8 Å². The second-order valence-electron chi connectivity index (χ2n) is 6.86. The number of rotatable bonds is 8. The summed E-state index contributed by atoms with van der Waals surface area (Å²) in [5.74, 6) is 0.946. The number of amides is 1. The first-order chi connectivity index (χ1) is 11.8. The first-order valence-corrected chi connectivity index (χ1v) is 10.4. The van der Waals surface area contributed by atoms with Crippen molar-refractivity contribution in [2.75, 3.05) is 45.3 Å². The number of benzene rings is 1. The van der Waals surface area contributed by atoms with Crippen molar-refractivity contribution in [1.82, 2.24) is 9.80 Å². The summed E-state index contributed by atoms with van der Waals surface area (Å²) in [7, 11) is 0.859. The Labute approximate surface area is 150 Å². The van der Waals surface area contributed by atoms with Gasteiger partial charge in [-0.1, -0.05) is 12.1 Å². The van der Waals surface area contributed by atoms with Gasteiger partial charge in [0.25, 0.3) is 0 Å². The standard InChI is InChI=1S/C18H28N2O4S/c1-15-5-4-6-17(13-15)24-11-7-18(21)20(10-9-19(2)3)16-8-12-25(22,23)14-16/h4-6,13,16H,7-12,14H2,1-3H3. The molecule has 0 N–H and O–H groups in total. The fraction of sp³-hybridized carbons (Fsp3) is 0.611. The predicted molar refractivity (Wildman–Crippen MR) is 98.6 cm³/mol. The van der Waals surface area contributed by atoms with Crippen LogP contribution >= 0.6 is 0 Å². The zero-order valence-corrected chi connectivity index (χ0v) is 16.1. The van der Waals surface area contributed by atoms with Crippen LogP contribution < -0.4 is 4.74 Å². The maximum Gasteiger partial charge on any atom is 0.226 e. The lowest BCUT2D eigenvalue weighted by atomic mass is 10.2. The predicted octanol–water partition coefficient (Wildman–Crippen LogP) is 1.34. The number of hydrogen-bond donors (Lipinski definition) is 0. The van der Waals surface area contributed by atoms with Gasteiger partial charge in [-0.15, -0.1) is 0 Å². The number of aryl methyl sites for hydroxylation is 1. The van der Waals surface area contributed by atoms with Gasteiger partial charge in [0.15, 0.2) is 9.84 Å². The van der Waals surface area contributed by atoms with E-state index in [2.05, 4.69) is 0 Å². The molecule has 0 spiro atoms. The zero-order chi connectivity index (χ0) is 18.4. The number of hydrogen-bond acceptors (Lipinski definition) is 5. The molecule has 1 unspecified atom stereocenters. The Morgan fingerprint density at radius 2 is 2.04 bits per heavy atom. The summed E-state index contributed by atoms with van der Waals surface area (Å²) in [6.45, 7) is 3.53. The molecule has 1 aromatic carbocycles. The number of nitrogens with zero attached hydrogens (tertiary/aromatic N) is 2. The lowest BCUT2D eigenvalue weighted by Gasteiger charge is -2.29. The van der Waals surface area contributed by atoms with Crippen LogP contribution in [0.15, 0.2) is 24.3 Å². The van der Waals surface area contributed by atoms with Crippen LogP contribution in [-0.2, 0) is 14.6 Å². The maximum absolute atomic E-state index is 12.6. The molecule has 0 bridgehead atoms. The highest BCUT2D eigenvalue weighted by atomic mass is 32.2. The second-order valence-corrected chi connectivity index (χ2v) is 9.09. The van der Waals surface area contributed by atoms with E-state index in [-0.39, 0.29) is 29.9 Å². The first kappa shape index (κ1) is 19.7. The molecule has 0 radical (unpaired) electrons. The number of sulfone groups is 1. The van der Waals surface area contributed by atoms with Gasteiger partial charge < -0.3 is 14.5 Å². The summed E-state index contributed by atoms with van der Waals surface area (Å²) in [6, 6.07) is 7.49. The molecule has 1 saturated heterocycles. The molecule has 1 amide bonds. The Kier molecular flexibility index (Phi) is 6.84. The molecule has 25 heavy (non-hydrogen) atoms. The minimum absolute atomic E-state index is 0.0448. The van der Waals surface area contributed by atoms with E-state index in [1.165, 1.54) is 0 Å².